The summed E-state index contributed by atoms with van der Waals surface area (Å²) in [7, 11) is -1.67. The van der Waals surface area contributed by atoms with Gasteiger partial charge in [0, 0.05) is 51.2 Å². The first-order chi connectivity index (χ1) is 26.4. The normalized spacial score (nSPS) is 12.4. The van der Waals surface area contributed by atoms with Gasteiger partial charge in [0.05, 0.1) is 30.5 Å². The van der Waals surface area contributed by atoms with Crippen molar-refractivity contribution in [3.8, 4) is 28.3 Å². The Morgan fingerprint density at radius 3 is 2.37 bits per heavy atom. The number of rotatable bonds is 6. The largest absolute Gasteiger partial charge is 0.486 e. The SMILES string of the molecule is Cc1ccc2c(n1)oc1c(-c3nc4ccccc4n3-c3cccc4ccccc34)[c-]ccc12.[2H]C([2H])(c1cc(-c2[c-]cccc2)ncc1[Si](C)(C)C)C(C)C.[Ir]. The molecule has 0 saturated heterocycles. The van der Waals surface area contributed by atoms with Gasteiger partial charge in [-0.15, -0.1) is 54.1 Å². The van der Waals surface area contributed by atoms with E-state index in [1.54, 1.807) is 0 Å². The molecule has 271 valence electrons. The van der Waals surface area contributed by atoms with Gasteiger partial charge in [-0.3, -0.25) is 4.98 Å². The zero-order valence-corrected chi connectivity index (χ0v) is 34.6. The van der Waals surface area contributed by atoms with Crippen LogP contribution in [0.25, 0.3) is 72.2 Å². The van der Waals surface area contributed by atoms with Crippen molar-refractivity contribution in [2.24, 2.45) is 5.92 Å². The van der Waals surface area contributed by atoms with Crippen molar-refractivity contribution in [3.63, 3.8) is 0 Å². The van der Waals surface area contributed by atoms with Gasteiger partial charge in [-0.1, -0.05) is 105 Å². The number of furan rings is 1. The molecule has 0 aliphatic rings. The van der Waals surface area contributed by atoms with Gasteiger partial charge in [0.25, 0.3) is 0 Å². The zero-order valence-electron chi connectivity index (χ0n) is 33.2. The Bertz CT molecular complexity index is 2840. The molecule has 7 heteroatoms. The van der Waals surface area contributed by atoms with E-state index in [1.807, 2.05) is 93.7 Å². The van der Waals surface area contributed by atoms with E-state index in [4.69, 9.17) is 12.1 Å². The summed E-state index contributed by atoms with van der Waals surface area (Å²) in [6, 6.07) is 47.3. The summed E-state index contributed by atoms with van der Waals surface area (Å²) in [4.78, 5) is 14.2. The van der Waals surface area contributed by atoms with Gasteiger partial charge in [-0.2, -0.15) is 0 Å². The van der Waals surface area contributed by atoms with E-state index in [9.17, 15) is 0 Å². The minimum atomic E-state index is -1.67. The molecule has 4 aromatic heterocycles. The predicted octanol–water partition coefficient (Wildman–Crippen LogP) is 11.5. The molecule has 0 fully saturated rings. The van der Waals surface area contributed by atoms with E-state index in [-0.39, 0.29) is 26.0 Å². The maximum atomic E-state index is 8.55. The number of pyridine rings is 2. The second-order valence-corrected chi connectivity index (χ2v) is 19.7. The third kappa shape index (κ3) is 7.19. The Hall–Kier alpha value is -5.20. The van der Waals surface area contributed by atoms with Crippen molar-refractivity contribution in [3.05, 3.63) is 151 Å². The summed E-state index contributed by atoms with van der Waals surface area (Å²) in [6.07, 6.45) is 0.528. The summed E-state index contributed by atoms with van der Waals surface area (Å²) in [6.45, 7) is 12.5. The molecule has 0 aliphatic carbocycles. The van der Waals surface area contributed by atoms with E-state index in [1.165, 1.54) is 10.8 Å². The first-order valence-electron chi connectivity index (χ1n) is 19.1. The Balaban J connectivity index is 0.000000184. The number of hydrogen-bond donors (Lipinski definition) is 0. The summed E-state index contributed by atoms with van der Waals surface area (Å²) >= 11 is 0. The summed E-state index contributed by atoms with van der Waals surface area (Å²) in [5, 5.41) is 5.47. The average Bonchev–Trinajstić information content (AvgIpc) is 3.76. The number of fused-ring (bicyclic) bond motifs is 5. The number of imidazole rings is 1. The molecule has 0 aliphatic heterocycles. The number of hydrogen-bond acceptors (Lipinski definition) is 4. The van der Waals surface area contributed by atoms with Crippen LogP contribution in [0.3, 0.4) is 0 Å². The first-order valence-corrected chi connectivity index (χ1v) is 21.6. The molecule has 0 unspecified atom stereocenters. The Morgan fingerprint density at radius 1 is 0.796 bits per heavy atom. The molecule has 0 amide bonds. The van der Waals surface area contributed by atoms with Crippen LogP contribution in [0.15, 0.2) is 132 Å². The second kappa shape index (κ2) is 15.3. The number of para-hydroxylation sites is 2. The molecule has 9 rings (SSSR count). The van der Waals surface area contributed by atoms with Crippen LogP contribution >= 0.6 is 0 Å². The van der Waals surface area contributed by atoms with E-state index < -0.39 is 14.4 Å². The molecular weight excluding hydrogens is 857 g/mol. The van der Waals surface area contributed by atoms with Crippen molar-refractivity contribution in [2.45, 2.75) is 46.8 Å². The molecule has 54 heavy (non-hydrogen) atoms. The molecule has 4 heterocycles. The van der Waals surface area contributed by atoms with Crippen molar-refractivity contribution < 1.29 is 27.3 Å². The van der Waals surface area contributed by atoms with Crippen LogP contribution in [-0.2, 0) is 26.5 Å². The van der Waals surface area contributed by atoms with Crippen LogP contribution in [0.2, 0.25) is 19.6 Å². The maximum Gasteiger partial charge on any atom is 0.216 e. The fourth-order valence-corrected chi connectivity index (χ4v) is 8.31. The van der Waals surface area contributed by atoms with Crippen LogP contribution in [0.1, 0.15) is 27.8 Å². The molecule has 0 bridgehead atoms. The van der Waals surface area contributed by atoms with E-state index in [0.29, 0.717) is 5.71 Å². The third-order valence-electron chi connectivity index (χ3n) is 9.37. The van der Waals surface area contributed by atoms with Gasteiger partial charge in [-0.05, 0) is 65.8 Å². The number of nitrogens with zero attached hydrogens (tertiary/aromatic N) is 4. The number of aromatic nitrogens is 4. The minimum Gasteiger partial charge on any atom is -0.486 e. The zero-order chi connectivity index (χ0) is 38.5. The molecule has 0 N–H and O–H groups in total. The average molecular weight is 901 g/mol. The summed E-state index contributed by atoms with van der Waals surface area (Å²) in [5.41, 5.74) is 8.68. The summed E-state index contributed by atoms with van der Waals surface area (Å²) < 4.78 is 25.6. The van der Waals surface area contributed by atoms with Crippen LogP contribution in [0, 0.1) is 25.0 Å². The Labute approximate surface area is 334 Å². The molecule has 0 spiro atoms. The molecular formula is C47H42IrN4OSi-2. The molecule has 9 aromatic rings. The van der Waals surface area contributed by atoms with Crippen molar-refractivity contribution in [1.29, 1.82) is 0 Å². The van der Waals surface area contributed by atoms with E-state index >= 15 is 0 Å². The number of aryl methyl sites for hydroxylation is 1. The van der Waals surface area contributed by atoms with Gasteiger partial charge in [-0.25, -0.2) is 4.98 Å². The standard InChI is InChI=1S/C29H18N3O.C18H24NSi.Ir/c1-18-16-17-22-21-11-7-12-23(27(21)33-29(22)30-18)28-31-24-13-4-5-14-26(24)32(28)25-15-6-9-19-8-2-3-10-20(19)25;1-14(2)11-16-12-17(15-9-7-6-8-10-15)19-13-18(16)20(3,4)5;/h2-11,13-17H,1H3;6-9,12-14H,11H2,1-5H3;/q2*-1;/i;11D2;. The van der Waals surface area contributed by atoms with Gasteiger partial charge in [0.15, 0.2) is 0 Å². The van der Waals surface area contributed by atoms with Crippen LogP contribution < -0.4 is 5.19 Å². The third-order valence-corrected chi connectivity index (χ3v) is 11.4. The van der Waals surface area contributed by atoms with Crippen molar-refractivity contribution in [2.75, 3.05) is 0 Å². The fraction of sp³-hybridized carbons (Fsp3) is 0.170. The smallest absolute Gasteiger partial charge is 0.216 e. The molecule has 5 nitrogen and oxygen atoms in total. The van der Waals surface area contributed by atoms with E-state index in [2.05, 4.69) is 101 Å². The van der Waals surface area contributed by atoms with Crippen LogP contribution in [-0.4, -0.2) is 27.6 Å². The van der Waals surface area contributed by atoms with Gasteiger partial charge in [0.1, 0.15) is 0 Å². The second-order valence-electron chi connectivity index (χ2n) is 14.7. The topological polar surface area (TPSA) is 56.7 Å². The van der Waals surface area contributed by atoms with E-state index in [0.717, 1.165) is 72.2 Å². The molecule has 1 radical (unpaired) electrons. The molecule has 0 atom stereocenters. The molecule has 0 saturated carbocycles. The predicted molar refractivity (Wildman–Crippen MR) is 223 cm³/mol. The fourth-order valence-electron chi connectivity index (χ4n) is 6.91. The monoisotopic (exact) mass is 901 g/mol. The van der Waals surface area contributed by atoms with Crippen molar-refractivity contribution >= 4 is 57.1 Å². The Kier molecular flexibility index (Phi) is 9.77. The van der Waals surface area contributed by atoms with Crippen LogP contribution in [0.4, 0.5) is 0 Å². The van der Waals surface area contributed by atoms with Gasteiger partial charge < -0.3 is 14.0 Å². The first kappa shape index (κ1) is 34.6. The quantitative estimate of drug-likeness (QED) is 0.123. The van der Waals surface area contributed by atoms with Crippen molar-refractivity contribution in [1.82, 2.24) is 19.5 Å². The van der Waals surface area contributed by atoms with Crippen LogP contribution in [0.5, 0.6) is 0 Å². The van der Waals surface area contributed by atoms with Gasteiger partial charge >= 0.3 is 0 Å². The minimum absolute atomic E-state index is 0. The van der Waals surface area contributed by atoms with Gasteiger partial charge in [0.2, 0.25) is 5.71 Å². The Morgan fingerprint density at radius 2 is 1.57 bits per heavy atom. The maximum absolute atomic E-state index is 8.55. The molecule has 5 aromatic carbocycles. The summed E-state index contributed by atoms with van der Waals surface area (Å²) in [5.74, 6) is 0.714. The number of benzene rings is 5.